The first-order chi connectivity index (χ1) is 9.31. The minimum Gasteiger partial charge on any atom is -0.395 e. The van der Waals surface area contributed by atoms with Gasteiger partial charge in [-0.1, -0.05) is 32.1 Å². The number of hydrogen-bond acceptors (Lipinski definition) is 2. The Balaban J connectivity index is 1.66. The number of carbonyl (C=O) groups excluding carboxylic acids is 1. The highest BCUT2D eigenvalue weighted by Gasteiger charge is 2.27. The molecule has 0 aliphatic heterocycles. The third-order valence-electron chi connectivity index (χ3n) is 4.90. The lowest BCUT2D eigenvalue weighted by Gasteiger charge is -2.37. The molecular formula is C16H29NO2. The molecule has 0 radical (unpaired) electrons. The lowest BCUT2D eigenvalue weighted by atomic mass is 9.85. The molecule has 0 unspecified atom stereocenters. The monoisotopic (exact) mass is 267 g/mol. The Kier molecular flexibility index (Phi) is 6.15. The van der Waals surface area contributed by atoms with Crippen molar-refractivity contribution in [1.29, 1.82) is 0 Å². The Hall–Kier alpha value is -0.570. The first-order valence-electron chi connectivity index (χ1n) is 8.21. The Morgan fingerprint density at radius 1 is 1.05 bits per heavy atom. The minimum atomic E-state index is 0.102. The van der Waals surface area contributed by atoms with E-state index in [9.17, 15) is 4.79 Å². The van der Waals surface area contributed by atoms with Crippen LogP contribution >= 0.6 is 0 Å². The molecule has 2 saturated carbocycles. The first-order valence-corrected chi connectivity index (χ1v) is 8.21. The summed E-state index contributed by atoms with van der Waals surface area (Å²) in [7, 11) is 0. The van der Waals surface area contributed by atoms with Crippen LogP contribution in [0.15, 0.2) is 0 Å². The predicted octanol–water partition coefficient (Wildman–Crippen LogP) is 3.11. The summed E-state index contributed by atoms with van der Waals surface area (Å²) in [6, 6.07) is 0.425. The highest BCUT2D eigenvalue weighted by molar-refractivity contribution is 5.76. The van der Waals surface area contributed by atoms with E-state index in [4.69, 9.17) is 5.11 Å². The highest BCUT2D eigenvalue weighted by Crippen LogP contribution is 2.29. The zero-order chi connectivity index (χ0) is 13.5. The maximum Gasteiger partial charge on any atom is 0.222 e. The molecule has 110 valence electrons. The molecule has 19 heavy (non-hydrogen) atoms. The quantitative estimate of drug-likeness (QED) is 0.770. The van der Waals surface area contributed by atoms with Gasteiger partial charge in [0.25, 0.3) is 0 Å². The van der Waals surface area contributed by atoms with Gasteiger partial charge in [-0.05, 0) is 38.0 Å². The Labute approximate surface area is 117 Å². The Morgan fingerprint density at radius 2 is 1.79 bits per heavy atom. The van der Waals surface area contributed by atoms with Crippen LogP contribution in [-0.2, 0) is 4.79 Å². The van der Waals surface area contributed by atoms with Crippen LogP contribution in [0.1, 0.15) is 70.6 Å². The molecule has 0 atom stereocenters. The van der Waals surface area contributed by atoms with Crippen molar-refractivity contribution in [1.82, 2.24) is 4.90 Å². The number of aliphatic hydroxyl groups excluding tert-OH is 1. The topological polar surface area (TPSA) is 40.5 Å². The van der Waals surface area contributed by atoms with Crippen molar-refractivity contribution in [3.05, 3.63) is 0 Å². The Bertz CT molecular complexity index is 270. The van der Waals surface area contributed by atoms with Crippen LogP contribution in [-0.4, -0.2) is 35.1 Å². The summed E-state index contributed by atoms with van der Waals surface area (Å²) < 4.78 is 0. The molecule has 1 amide bonds. The predicted molar refractivity (Wildman–Crippen MR) is 76.9 cm³/mol. The number of nitrogens with zero attached hydrogens (tertiary/aromatic N) is 1. The van der Waals surface area contributed by atoms with Gasteiger partial charge in [0, 0.05) is 19.0 Å². The van der Waals surface area contributed by atoms with Crippen LogP contribution in [0.4, 0.5) is 0 Å². The van der Waals surface area contributed by atoms with Crippen LogP contribution < -0.4 is 0 Å². The lowest BCUT2D eigenvalue weighted by Crippen LogP contribution is -2.45. The molecule has 2 aliphatic rings. The van der Waals surface area contributed by atoms with Crippen LogP contribution in [0.5, 0.6) is 0 Å². The van der Waals surface area contributed by atoms with E-state index in [1.807, 2.05) is 4.90 Å². The molecule has 0 aromatic rings. The van der Waals surface area contributed by atoms with E-state index in [-0.39, 0.29) is 12.5 Å². The maximum atomic E-state index is 12.2. The molecule has 0 heterocycles. The molecule has 0 aromatic heterocycles. The molecule has 3 nitrogen and oxygen atoms in total. The third-order valence-corrected chi connectivity index (χ3v) is 4.90. The van der Waals surface area contributed by atoms with Gasteiger partial charge in [0.2, 0.25) is 5.91 Å². The molecule has 2 rings (SSSR count). The molecular weight excluding hydrogens is 238 g/mol. The standard InChI is InChI=1S/C16H29NO2/c18-13-12-17(15-9-5-10-15)16(19)11-4-8-14-6-2-1-3-7-14/h14-15,18H,1-13H2. The van der Waals surface area contributed by atoms with Crippen molar-refractivity contribution in [3.63, 3.8) is 0 Å². The average molecular weight is 267 g/mol. The zero-order valence-corrected chi connectivity index (χ0v) is 12.1. The van der Waals surface area contributed by atoms with E-state index in [0.717, 1.165) is 25.2 Å². The first kappa shape index (κ1) is 14.8. The summed E-state index contributed by atoms with van der Waals surface area (Å²) in [5, 5.41) is 9.09. The maximum absolute atomic E-state index is 12.2. The second-order valence-electron chi connectivity index (χ2n) is 6.29. The molecule has 2 aliphatic carbocycles. The van der Waals surface area contributed by atoms with Crippen LogP contribution in [0, 0.1) is 5.92 Å². The second-order valence-corrected chi connectivity index (χ2v) is 6.29. The molecule has 0 bridgehead atoms. The minimum absolute atomic E-state index is 0.102. The SMILES string of the molecule is O=C(CCCC1CCCCC1)N(CCO)C1CCC1. The molecule has 0 saturated heterocycles. The number of hydrogen-bond donors (Lipinski definition) is 1. The van der Waals surface area contributed by atoms with Gasteiger partial charge in [-0.2, -0.15) is 0 Å². The fourth-order valence-corrected chi connectivity index (χ4v) is 3.48. The van der Waals surface area contributed by atoms with Crippen molar-refractivity contribution in [2.75, 3.05) is 13.2 Å². The van der Waals surface area contributed by atoms with Gasteiger partial charge in [0.15, 0.2) is 0 Å². The smallest absolute Gasteiger partial charge is 0.222 e. The van der Waals surface area contributed by atoms with Crippen molar-refractivity contribution < 1.29 is 9.90 Å². The van der Waals surface area contributed by atoms with Gasteiger partial charge in [-0.15, -0.1) is 0 Å². The van der Waals surface area contributed by atoms with E-state index >= 15 is 0 Å². The van der Waals surface area contributed by atoms with Gasteiger partial charge >= 0.3 is 0 Å². The zero-order valence-electron chi connectivity index (χ0n) is 12.1. The lowest BCUT2D eigenvalue weighted by molar-refractivity contribution is -0.136. The van der Waals surface area contributed by atoms with Crippen molar-refractivity contribution >= 4 is 5.91 Å². The number of rotatable bonds is 7. The number of amides is 1. The molecule has 0 spiro atoms. The third kappa shape index (κ3) is 4.48. The molecule has 3 heteroatoms. The van der Waals surface area contributed by atoms with Crippen LogP contribution in [0.2, 0.25) is 0 Å². The second kappa shape index (κ2) is 7.88. The summed E-state index contributed by atoms with van der Waals surface area (Å²) in [5.41, 5.74) is 0. The summed E-state index contributed by atoms with van der Waals surface area (Å²) >= 11 is 0. The van der Waals surface area contributed by atoms with E-state index in [1.54, 1.807) is 0 Å². The van der Waals surface area contributed by atoms with Crippen LogP contribution in [0.3, 0.4) is 0 Å². The van der Waals surface area contributed by atoms with E-state index < -0.39 is 0 Å². The van der Waals surface area contributed by atoms with E-state index in [2.05, 4.69) is 0 Å². The summed E-state index contributed by atoms with van der Waals surface area (Å²) in [6.07, 6.45) is 13.4. The van der Waals surface area contributed by atoms with Crippen molar-refractivity contribution in [3.8, 4) is 0 Å². The molecule has 0 aromatic carbocycles. The summed E-state index contributed by atoms with van der Waals surface area (Å²) in [4.78, 5) is 14.2. The van der Waals surface area contributed by atoms with Gasteiger partial charge < -0.3 is 10.0 Å². The van der Waals surface area contributed by atoms with Gasteiger partial charge in [0.05, 0.1) is 6.61 Å². The summed E-state index contributed by atoms with van der Waals surface area (Å²) in [5.74, 6) is 1.14. The van der Waals surface area contributed by atoms with Crippen molar-refractivity contribution in [2.24, 2.45) is 5.92 Å². The fraction of sp³-hybridized carbons (Fsp3) is 0.938. The number of aliphatic hydroxyl groups is 1. The van der Waals surface area contributed by atoms with E-state index in [0.29, 0.717) is 19.0 Å². The van der Waals surface area contributed by atoms with E-state index in [1.165, 1.54) is 44.9 Å². The van der Waals surface area contributed by atoms with Crippen LogP contribution in [0.25, 0.3) is 0 Å². The van der Waals surface area contributed by atoms with Crippen molar-refractivity contribution in [2.45, 2.75) is 76.7 Å². The van der Waals surface area contributed by atoms with Gasteiger partial charge in [-0.3, -0.25) is 4.79 Å². The van der Waals surface area contributed by atoms with Gasteiger partial charge in [0.1, 0.15) is 0 Å². The summed E-state index contributed by atoms with van der Waals surface area (Å²) in [6.45, 7) is 0.637. The Morgan fingerprint density at radius 3 is 2.37 bits per heavy atom. The highest BCUT2D eigenvalue weighted by atomic mass is 16.3. The fourth-order valence-electron chi connectivity index (χ4n) is 3.48. The number of carbonyl (C=O) groups is 1. The molecule has 2 fully saturated rings. The van der Waals surface area contributed by atoms with Gasteiger partial charge in [-0.25, -0.2) is 0 Å². The normalized spacial score (nSPS) is 21.1. The average Bonchev–Trinajstić information content (AvgIpc) is 2.37. The largest absolute Gasteiger partial charge is 0.395 e. The molecule has 1 N–H and O–H groups in total.